The van der Waals surface area contributed by atoms with Gasteiger partial charge in [-0.1, -0.05) is 35.4 Å². The van der Waals surface area contributed by atoms with Crippen LogP contribution in [-0.2, 0) is 11.3 Å². The Bertz CT molecular complexity index is 464. The zero-order chi connectivity index (χ0) is 12.8. The van der Waals surface area contributed by atoms with Crippen LogP contribution in [-0.4, -0.2) is 18.2 Å². The molecule has 1 amide bonds. The van der Waals surface area contributed by atoms with E-state index in [2.05, 4.69) is 15.3 Å². The first-order valence-corrected chi connectivity index (χ1v) is 5.74. The monoisotopic (exact) mass is 246 g/mol. The van der Waals surface area contributed by atoms with Crippen molar-refractivity contribution in [2.24, 2.45) is 5.11 Å². The van der Waals surface area contributed by atoms with Crippen LogP contribution >= 0.6 is 0 Å². The van der Waals surface area contributed by atoms with Gasteiger partial charge in [0.15, 0.2) is 0 Å². The van der Waals surface area contributed by atoms with Crippen molar-refractivity contribution in [2.75, 3.05) is 6.54 Å². The number of rotatable bonds is 5. The van der Waals surface area contributed by atoms with E-state index >= 15 is 0 Å². The van der Waals surface area contributed by atoms with Crippen molar-refractivity contribution in [3.05, 3.63) is 46.3 Å². The van der Waals surface area contributed by atoms with E-state index in [-0.39, 0.29) is 18.7 Å². The molecule has 6 nitrogen and oxygen atoms in total. The van der Waals surface area contributed by atoms with Crippen molar-refractivity contribution in [3.8, 4) is 0 Å². The van der Waals surface area contributed by atoms with Gasteiger partial charge in [0.2, 0.25) is 0 Å². The van der Waals surface area contributed by atoms with Crippen molar-refractivity contribution >= 4 is 6.09 Å². The second-order valence-corrected chi connectivity index (χ2v) is 4.36. The maximum absolute atomic E-state index is 11.6. The predicted octanol–water partition coefficient (Wildman–Crippen LogP) is 2.76. The van der Waals surface area contributed by atoms with Gasteiger partial charge >= 0.3 is 6.09 Å². The van der Waals surface area contributed by atoms with Gasteiger partial charge in [0, 0.05) is 17.0 Å². The normalized spacial score (nSPS) is 15.3. The van der Waals surface area contributed by atoms with Crippen LogP contribution in [0.15, 0.2) is 35.4 Å². The summed E-state index contributed by atoms with van der Waals surface area (Å²) < 4.78 is 5.10. The van der Waals surface area contributed by atoms with Gasteiger partial charge in [-0.15, -0.1) is 0 Å². The van der Waals surface area contributed by atoms with Crippen LogP contribution in [0, 0.1) is 0 Å². The van der Waals surface area contributed by atoms with E-state index in [0.29, 0.717) is 0 Å². The molecule has 1 fully saturated rings. The summed E-state index contributed by atoms with van der Waals surface area (Å²) in [4.78, 5) is 14.3. The van der Waals surface area contributed by atoms with E-state index in [0.717, 1.165) is 18.4 Å². The summed E-state index contributed by atoms with van der Waals surface area (Å²) in [6.45, 7) is 0.522. The predicted molar refractivity (Wildman–Crippen MR) is 65.7 cm³/mol. The molecule has 0 unspecified atom stereocenters. The van der Waals surface area contributed by atoms with E-state index in [4.69, 9.17) is 10.3 Å². The number of azide groups is 1. The molecule has 0 aromatic heterocycles. The lowest BCUT2D eigenvalue weighted by Gasteiger charge is -2.14. The molecule has 0 spiro atoms. The molecule has 94 valence electrons. The number of carbonyl (C=O) groups is 1. The van der Waals surface area contributed by atoms with Crippen molar-refractivity contribution in [3.63, 3.8) is 0 Å². The van der Waals surface area contributed by atoms with Gasteiger partial charge in [-0.05, 0) is 23.9 Å². The van der Waals surface area contributed by atoms with Crippen LogP contribution in [0.3, 0.4) is 0 Å². The molecule has 0 bridgehead atoms. The van der Waals surface area contributed by atoms with Crippen LogP contribution < -0.4 is 5.32 Å². The molecule has 0 heterocycles. The van der Waals surface area contributed by atoms with Crippen LogP contribution in [0.25, 0.3) is 10.4 Å². The number of benzene rings is 1. The zero-order valence-corrected chi connectivity index (χ0v) is 9.87. The van der Waals surface area contributed by atoms with Crippen molar-refractivity contribution in [1.82, 2.24) is 5.32 Å². The van der Waals surface area contributed by atoms with Gasteiger partial charge in [0.05, 0.1) is 0 Å². The zero-order valence-electron chi connectivity index (χ0n) is 9.87. The third-order valence-corrected chi connectivity index (χ3v) is 2.87. The van der Waals surface area contributed by atoms with Gasteiger partial charge in [0.25, 0.3) is 0 Å². The maximum atomic E-state index is 11.6. The molecule has 0 atom stereocenters. The van der Waals surface area contributed by atoms with Crippen molar-refractivity contribution < 1.29 is 9.53 Å². The summed E-state index contributed by atoms with van der Waals surface area (Å²) in [5.41, 5.74) is 8.82. The van der Waals surface area contributed by atoms with Gasteiger partial charge in [-0.2, -0.15) is 0 Å². The molecule has 1 aliphatic carbocycles. The standard InChI is InChI=1S/C12H14N4O2/c13-16-14-9-12(6-7-12)15-11(17)18-8-10-4-2-1-3-5-10/h1-5H,6-9H2,(H,15,17). The van der Waals surface area contributed by atoms with Gasteiger partial charge in [-0.3, -0.25) is 0 Å². The summed E-state index contributed by atoms with van der Waals surface area (Å²) in [6, 6.07) is 9.46. The molecular weight excluding hydrogens is 232 g/mol. The lowest BCUT2D eigenvalue weighted by atomic mass is 10.2. The molecule has 0 radical (unpaired) electrons. The van der Waals surface area contributed by atoms with E-state index < -0.39 is 6.09 Å². The lowest BCUT2D eigenvalue weighted by Crippen LogP contribution is -2.39. The highest BCUT2D eigenvalue weighted by Crippen LogP contribution is 2.35. The number of nitrogens with one attached hydrogen (secondary N) is 1. The summed E-state index contributed by atoms with van der Waals surface area (Å²) >= 11 is 0. The Morgan fingerprint density at radius 2 is 2.17 bits per heavy atom. The van der Waals surface area contributed by atoms with Crippen LogP contribution in [0.2, 0.25) is 0 Å². The number of alkyl carbamates (subject to hydrolysis) is 1. The largest absolute Gasteiger partial charge is 0.445 e. The first-order chi connectivity index (χ1) is 8.74. The Labute approximate surface area is 105 Å². The average molecular weight is 246 g/mol. The highest BCUT2D eigenvalue weighted by Gasteiger charge is 2.43. The summed E-state index contributed by atoms with van der Waals surface area (Å²) in [5, 5.41) is 6.23. The molecule has 1 saturated carbocycles. The average Bonchev–Trinajstić information content (AvgIpc) is 3.15. The highest BCUT2D eigenvalue weighted by atomic mass is 16.5. The summed E-state index contributed by atoms with van der Waals surface area (Å²) in [5.74, 6) is 0. The summed E-state index contributed by atoms with van der Waals surface area (Å²) in [7, 11) is 0. The molecule has 18 heavy (non-hydrogen) atoms. The molecule has 2 rings (SSSR count). The Hall–Kier alpha value is -2.20. The van der Waals surface area contributed by atoms with E-state index in [1.807, 2.05) is 30.3 Å². The number of ether oxygens (including phenoxy) is 1. The van der Waals surface area contributed by atoms with Gasteiger partial charge in [0.1, 0.15) is 6.61 Å². The molecule has 0 aliphatic heterocycles. The Morgan fingerprint density at radius 3 is 2.78 bits per heavy atom. The van der Waals surface area contributed by atoms with Gasteiger partial charge < -0.3 is 10.1 Å². The van der Waals surface area contributed by atoms with Crippen LogP contribution in [0.5, 0.6) is 0 Å². The molecular formula is C12H14N4O2. The Morgan fingerprint density at radius 1 is 1.44 bits per heavy atom. The first kappa shape index (κ1) is 12.3. The number of hydrogen-bond donors (Lipinski definition) is 1. The van der Waals surface area contributed by atoms with Crippen LogP contribution in [0.1, 0.15) is 18.4 Å². The third-order valence-electron chi connectivity index (χ3n) is 2.87. The SMILES string of the molecule is [N-]=[N+]=NCC1(NC(=O)OCc2ccccc2)CC1. The molecule has 1 aromatic rings. The second-order valence-electron chi connectivity index (χ2n) is 4.36. The quantitative estimate of drug-likeness (QED) is 0.492. The minimum Gasteiger partial charge on any atom is -0.445 e. The fraction of sp³-hybridized carbons (Fsp3) is 0.417. The summed E-state index contributed by atoms with van der Waals surface area (Å²) in [6.07, 6.45) is 1.18. The number of hydrogen-bond acceptors (Lipinski definition) is 3. The fourth-order valence-electron chi connectivity index (χ4n) is 1.62. The second kappa shape index (κ2) is 5.42. The first-order valence-electron chi connectivity index (χ1n) is 5.74. The van der Waals surface area contributed by atoms with Gasteiger partial charge in [-0.25, -0.2) is 4.79 Å². The van der Waals surface area contributed by atoms with E-state index in [9.17, 15) is 4.79 Å². The third kappa shape index (κ3) is 3.40. The molecule has 1 aliphatic rings. The molecule has 0 saturated heterocycles. The highest BCUT2D eigenvalue weighted by molar-refractivity contribution is 5.69. The minimum atomic E-state index is -0.468. The van der Waals surface area contributed by atoms with Crippen molar-refractivity contribution in [1.29, 1.82) is 0 Å². The Balaban J connectivity index is 1.77. The smallest absolute Gasteiger partial charge is 0.407 e. The fourth-order valence-corrected chi connectivity index (χ4v) is 1.62. The molecule has 1 aromatic carbocycles. The van der Waals surface area contributed by atoms with Crippen molar-refractivity contribution in [2.45, 2.75) is 25.0 Å². The topological polar surface area (TPSA) is 87.1 Å². The Kier molecular flexibility index (Phi) is 3.69. The van der Waals surface area contributed by atoms with Crippen LogP contribution in [0.4, 0.5) is 4.79 Å². The number of amides is 1. The van der Waals surface area contributed by atoms with E-state index in [1.54, 1.807) is 0 Å². The molecule has 1 N–H and O–H groups in total. The molecule has 6 heteroatoms. The minimum absolute atomic E-state index is 0.240. The maximum Gasteiger partial charge on any atom is 0.407 e. The van der Waals surface area contributed by atoms with E-state index in [1.165, 1.54) is 0 Å². The lowest BCUT2D eigenvalue weighted by molar-refractivity contribution is 0.134. The number of carbonyl (C=O) groups excluding carboxylic acids is 1. The number of nitrogens with zero attached hydrogens (tertiary/aromatic N) is 3.